The first-order chi connectivity index (χ1) is 8.06. The second kappa shape index (κ2) is 5.25. The number of rotatable bonds is 2. The molecule has 88 valence electrons. The van der Waals surface area contributed by atoms with E-state index in [9.17, 15) is 4.79 Å². The van der Waals surface area contributed by atoms with Gasteiger partial charge in [-0.15, -0.1) is 0 Å². The highest BCUT2D eigenvalue weighted by atomic mass is 79.9. The van der Waals surface area contributed by atoms with Crippen molar-refractivity contribution in [2.24, 2.45) is 0 Å². The minimum Gasteiger partial charge on any atom is -0.444 e. The van der Waals surface area contributed by atoms with Crippen LogP contribution in [-0.2, 0) is 0 Å². The summed E-state index contributed by atoms with van der Waals surface area (Å²) in [5, 5.41) is 3.24. The number of halogens is 3. The molecule has 3 nitrogen and oxygen atoms in total. The van der Waals surface area contributed by atoms with Crippen LogP contribution in [0.4, 0.5) is 5.69 Å². The Hall–Kier alpha value is -0.780. The van der Waals surface area contributed by atoms with Gasteiger partial charge in [-0.2, -0.15) is 0 Å². The van der Waals surface area contributed by atoms with Crippen LogP contribution >= 0.6 is 43.5 Å². The van der Waals surface area contributed by atoms with Crippen molar-refractivity contribution in [2.75, 3.05) is 5.32 Å². The fourth-order valence-electron chi connectivity index (χ4n) is 1.21. The first-order valence-electron chi connectivity index (χ1n) is 4.58. The quantitative estimate of drug-likeness (QED) is 0.821. The zero-order valence-electron chi connectivity index (χ0n) is 8.34. The number of benzene rings is 1. The van der Waals surface area contributed by atoms with E-state index in [1.165, 1.54) is 0 Å². The van der Waals surface area contributed by atoms with Gasteiger partial charge in [0, 0.05) is 9.50 Å². The number of hydrogen-bond donors (Lipinski definition) is 1. The summed E-state index contributed by atoms with van der Waals surface area (Å²) < 4.78 is 6.40. The van der Waals surface area contributed by atoms with E-state index in [0.29, 0.717) is 15.4 Å². The molecule has 2 rings (SSSR count). The van der Waals surface area contributed by atoms with Crippen LogP contribution in [0.1, 0.15) is 10.6 Å². The van der Waals surface area contributed by atoms with Gasteiger partial charge >= 0.3 is 0 Å². The van der Waals surface area contributed by atoms with Crippen molar-refractivity contribution in [2.45, 2.75) is 0 Å². The van der Waals surface area contributed by atoms with Crippen LogP contribution in [0.15, 0.2) is 43.9 Å². The number of nitrogens with one attached hydrogen (secondary N) is 1. The lowest BCUT2D eigenvalue weighted by molar-refractivity contribution is 0.0995. The lowest BCUT2D eigenvalue weighted by Gasteiger charge is -2.06. The maximum atomic E-state index is 11.8. The minimum absolute atomic E-state index is 0.226. The zero-order valence-corrected chi connectivity index (χ0v) is 12.3. The third-order valence-electron chi connectivity index (χ3n) is 1.97. The average Bonchev–Trinajstić information content (AvgIpc) is 2.70. The van der Waals surface area contributed by atoms with Gasteiger partial charge in [0.15, 0.2) is 10.4 Å². The first-order valence-corrected chi connectivity index (χ1v) is 6.54. The molecule has 6 heteroatoms. The topological polar surface area (TPSA) is 42.2 Å². The molecule has 0 saturated carbocycles. The van der Waals surface area contributed by atoms with Crippen molar-refractivity contribution in [3.63, 3.8) is 0 Å². The lowest BCUT2D eigenvalue weighted by Crippen LogP contribution is -2.11. The highest BCUT2D eigenvalue weighted by molar-refractivity contribution is 9.10. The Morgan fingerprint density at radius 3 is 2.65 bits per heavy atom. The summed E-state index contributed by atoms with van der Waals surface area (Å²) in [6, 6.07) is 8.38. The molecule has 1 aromatic carbocycles. The van der Waals surface area contributed by atoms with Crippen molar-refractivity contribution in [1.29, 1.82) is 0 Å². The molecule has 0 fully saturated rings. The highest BCUT2D eigenvalue weighted by Crippen LogP contribution is 2.26. The molecule has 0 aliphatic carbocycles. The van der Waals surface area contributed by atoms with Crippen LogP contribution in [0.25, 0.3) is 0 Å². The molecular formula is C11H6Br2ClNO2. The van der Waals surface area contributed by atoms with Crippen LogP contribution in [0.5, 0.6) is 0 Å². The molecule has 0 spiro atoms. The SMILES string of the molecule is O=C(Nc1cc(Cl)ccc1Br)c1ccc(Br)o1. The lowest BCUT2D eigenvalue weighted by atomic mass is 10.3. The summed E-state index contributed by atoms with van der Waals surface area (Å²) in [7, 11) is 0. The minimum atomic E-state index is -0.335. The third kappa shape index (κ3) is 3.12. The molecular weight excluding hydrogens is 373 g/mol. The summed E-state index contributed by atoms with van der Waals surface area (Å²) in [6.07, 6.45) is 0. The molecule has 0 atom stereocenters. The molecule has 1 amide bonds. The first kappa shape index (κ1) is 12.7. The van der Waals surface area contributed by atoms with Gasteiger partial charge in [0.05, 0.1) is 5.69 Å². The van der Waals surface area contributed by atoms with E-state index < -0.39 is 0 Å². The van der Waals surface area contributed by atoms with Crippen LogP contribution in [0.3, 0.4) is 0 Å². The number of amides is 1. The van der Waals surface area contributed by atoms with E-state index in [-0.39, 0.29) is 11.7 Å². The number of carbonyl (C=O) groups excluding carboxylic acids is 1. The summed E-state index contributed by atoms with van der Waals surface area (Å²) in [5.74, 6) is -0.109. The Balaban J connectivity index is 2.21. The average molecular weight is 379 g/mol. The smallest absolute Gasteiger partial charge is 0.291 e. The standard InChI is InChI=1S/C11H6Br2ClNO2/c12-7-2-1-6(14)5-8(7)15-11(16)9-3-4-10(13)17-9/h1-5H,(H,15,16). The summed E-state index contributed by atoms with van der Waals surface area (Å²) in [5.41, 5.74) is 0.593. The van der Waals surface area contributed by atoms with Gasteiger partial charge in [-0.3, -0.25) is 4.79 Å². The Labute approximate surface area is 119 Å². The largest absolute Gasteiger partial charge is 0.444 e. The number of anilines is 1. The van der Waals surface area contributed by atoms with Gasteiger partial charge in [-0.25, -0.2) is 0 Å². The Kier molecular flexibility index (Phi) is 3.91. The van der Waals surface area contributed by atoms with E-state index >= 15 is 0 Å². The Morgan fingerprint density at radius 1 is 1.24 bits per heavy atom. The van der Waals surface area contributed by atoms with Gasteiger partial charge in [-0.05, 0) is 62.2 Å². The second-order valence-corrected chi connectivity index (χ2v) is 5.25. The van der Waals surface area contributed by atoms with Crippen LogP contribution in [0, 0.1) is 0 Å². The van der Waals surface area contributed by atoms with Gasteiger partial charge in [0.1, 0.15) is 0 Å². The monoisotopic (exact) mass is 377 g/mol. The summed E-state index contributed by atoms with van der Waals surface area (Å²) in [6.45, 7) is 0. The fourth-order valence-corrected chi connectivity index (χ4v) is 2.04. The molecule has 1 N–H and O–H groups in total. The number of furan rings is 1. The molecule has 0 aliphatic heterocycles. The predicted octanol–water partition coefficient (Wildman–Crippen LogP) is 4.71. The zero-order chi connectivity index (χ0) is 12.4. The number of carbonyl (C=O) groups is 1. The van der Waals surface area contributed by atoms with Crippen molar-refractivity contribution >= 4 is 55.1 Å². The molecule has 0 saturated heterocycles. The normalized spacial score (nSPS) is 10.3. The van der Waals surface area contributed by atoms with Gasteiger partial charge in [0.25, 0.3) is 5.91 Å². The number of hydrogen-bond acceptors (Lipinski definition) is 2. The van der Waals surface area contributed by atoms with Crippen molar-refractivity contribution in [1.82, 2.24) is 0 Å². The molecule has 1 heterocycles. The fraction of sp³-hybridized carbons (Fsp3) is 0. The molecule has 0 bridgehead atoms. The van der Waals surface area contributed by atoms with Gasteiger partial charge < -0.3 is 9.73 Å². The molecule has 1 aromatic heterocycles. The highest BCUT2D eigenvalue weighted by Gasteiger charge is 2.12. The third-order valence-corrected chi connectivity index (χ3v) is 3.33. The van der Waals surface area contributed by atoms with Crippen LogP contribution in [-0.4, -0.2) is 5.91 Å². The van der Waals surface area contributed by atoms with Gasteiger partial charge in [-0.1, -0.05) is 11.6 Å². The second-order valence-electron chi connectivity index (χ2n) is 3.18. The maximum Gasteiger partial charge on any atom is 0.291 e. The van der Waals surface area contributed by atoms with Crippen molar-refractivity contribution < 1.29 is 9.21 Å². The van der Waals surface area contributed by atoms with E-state index in [1.807, 2.05) is 0 Å². The molecule has 2 aromatic rings. The van der Waals surface area contributed by atoms with E-state index in [0.717, 1.165) is 4.47 Å². The van der Waals surface area contributed by atoms with Crippen LogP contribution < -0.4 is 5.32 Å². The van der Waals surface area contributed by atoms with Crippen LogP contribution in [0.2, 0.25) is 5.02 Å². The Morgan fingerprint density at radius 2 is 2.00 bits per heavy atom. The molecule has 0 radical (unpaired) electrons. The van der Waals surface area contributed by atoms with Crippen molar-refractivity contribution in [3.8, 4) is 0 Å². The van der Waals surface area contributed by atoms with Crippen molar-refractivity contribution in [3.05, 3.63) is 50.3 Å². The van der Waals surface area contributed by atoms with Gasteiger partial charge in [0.2, 0.25) is 0 Å². The molecule has 0 aliphatic rings. The molecule has 17 heavy (non-hydrogen) atoms. The summed E-state index contributed by atoms with van der Waals surface area (Å²) >= 11 is 12.3. The van der Waals surface area contributed by atoms with E-state index in [1.54, 1.807) is 30.3 Å². The Bertz CT molecular complexity index is 568. The van der Waals surface area contributed by atoms with E-state index in [2.05, 4.69) is 37.2 Å². The maximum absolute atomic E-state index is 11.8. The van der Waals surface area contributed by atoms with E-state index in [4.69, 9.17) is 16.0 Å². The molecule has 0 unspecified atom stereocenters. The predicted molar refractivity (Wildman–Crippen MR) is 73.5 cm³/mol. The summed E-state index contributed by atoms with van der Waals surface area (Å²) in [4.78, 5) is 11.8.